The van der Waals surface area contributed by atoms with E-state index in [0.29, 0.717) is 23.9 Å². The normalized spacial score (nSPS) is 22.2. The zero-order chi connectivity index (χ0) is 14.1. The van der Waals surface area contributed by atoms with Crippen molar-refractivity contribution in [2.24, 2.45) is 0 Å². The molecule has 2 heterocycles. The predicted octanol–water partition coefficient (Wildman–Crippen LogP) is 2.58. The molecule has 1 aliphatic rings. The van der Waals surface area contributed by atoms with Crippen molar-refractivity contribution < 1.29 is 9.50 Å². The maximum Gasteiger partial charge on any atom is 0.225 e. The van der Waals surface area contributed by atoms with E-state index in [-0.39, 0.29) is 11.9 Å². The molecule has 0 unspecified atom stereocenters. The van der Waals surface area contributed by atoms with E-state index in [0.717, 1.165) is 5.56 Å². The fraction of sp³-hybridized carbons (Fsp3) is 0.286. The summed E-state index contributed by atoms with van der Waals surface area (Å²) in [6, 6.07) is 6.22. The van der Waals surface area contributed by atoms with Gasteiger partial charge in [0, 0.05) is 6.54 Å². The Hall–Kier alpha value is -1.72. The first kappa shape index (κ1) is 13.3. The lowest BCUT2D eigenvalue weighted by atomic mass is 10.0. The van der Waals surface area contributed by atoms with Gasteiger partial charge in [0.15, 0.2) is 0 Å². The molecule has 1 fully saturated rings. The van der Waals surface area contributed by atoms with Crippen LogP contribution in [0, 0.1) is 5.82 Å². The van der Waals surface area contributed by atoms with Gasteiger partial charge in [-0.1, -0.05) is 23.7 Å². The van der Waals surface area contributed by atoms with Crippen molar-refractivity contribution in [2.75, 3.05) is 11.4 Å². The van der Waals surface area contributed by atoms with Gasteiger partial charge in [-0.2, -0.15) is 0 Å². The molecule has 1 aromatic heterocycles. The Labute approximate surface area is 120 Å². The number of aliphatic hydroxyl groups is 1. The molecule has 2 atom stereocenters. The Morgan fingerprint density at radius 3 is 2.50 bits per heavy atom. The molecule has 0 radical (unpaired) electrons. The second-order valence-electron chi connectivity index (χ2n) is 4.81. The molecule has 3 rings (SSSR count). The lowest BCUT2D eigenvalue weighted by Gasteiger charge is -2.24. The Balaban J connectivity index is 1.92. The third-order valence-corrected chi connectivity index (χ3v) is 3.59. The molecule has 1 aliphatic heterocycles. The highest BCUT2D eigenvalue weighted by Crippen LogP contribution is 2.34. The number of aromatic nitrogens is 2. The highest BCUT2D eigenvalue weighted by molar-refractivity contribution is 6.30. The molecule has 1 aromatic carbocycles. The van der Waals surface area contributed by atoms with E-state index in [4.69, 9.17) is 11.6 Å². The molecule has 1 N–H and O–H groups in total. The highest BCUT2D eigenvalue weighted by Gasteiger charge is 2.33. The third kappa shape index (κ3) is 2.59. The van der Waals surface area contributed by atoms with Crippen molar-refractivity contribution in [3.63, 3.8) is 0 Å². The van der Waals surface area contributed by atoms with Crippen LogP contribution >= 0.6 is 11.6 Å². The summed E-state index contributed by atoms with van der Waals surface area (Å²) in [6.45, 7) is 0.448. The Morgan fingerprint density at radius 1 is 1.20 bits per heavy atom. The first-order chi connectivity index (χ1) is 9.63. The molecule has 6 heteroatoms. The maximum atomic E-state index is 13.0. The minimum atomic E-state index is -0.454. The molecular weight excluding hydrogens is 281 g/mol. The topological polar surface area (TPSA) is 49.2 Å². The maximum absolute atomic E-state index is 13.0. The summed E-state index contributed by atoms with van der Waals surface area (Å²) in [5.74, 6) is 0.238. The molecule has 0 amide bonds. The number of hydrogen-bond acceptors (Lipinski definition) is 4. The molecule has 0 saturated carbocycles. The van der Waals surface area contributed by atoms with Crippen LogP contribution in [-0.4, -0.2) is 27.7 Å². The quantitative estimate of drug-likeness (QED) is 0.924. The average molecular weight is 294 g/mol. The van der Waals surface area contributed by atoms with E-state index in [9.17, 15) is 9.50 Å². The summed E-state index contributed by atoms with van der Waals surface area (Å²) in [7, 11) is 0. The van der Waals surface area contributed by atoms with Gasteiger partial charge in [-0.15, -0.1) is 0 Å². The van der Waals surface area contributed by atoms with E-state index in [1.165, 1.54) is 24.5 Å². The fourth-order valence-electron chi connectivity index (χ4n) is 2.49. The fourth-order valence-corrected chi connectivity index (χ4v) is 2.59. The second kappa shape index (κ2) is 5.34. The van der Waals surface area contributed by atoms with Crippen LogP contribution in [0.4, 0.5) is 10.3 Å². The van der Waals surface area contributed by atoms with Gasteiger partial charge in [-0.05, 0) is 24.1 Å². The number of hydrogen-bond donors (Lipinski definition) is 1. The van der Waals surface area contributed by atoms with E-state index >= 15 is 0 Å². The molecule has 104 valence electrons. The molecule has 1 saturated heterocycles. The van der Waals surface area contributed by atoms with Crippen LogP contribution in [0.5, 0.6) is 0 Å². The number of rotatable bonds is 2. The molecule has 0 aliphatic carbocycles. The van der Waals surface area contributed by atoms with E-state index in [2.05, 4.69) is 9.97 Å². The monoisotopic (exact) mass is 293 g/mol. The number of aliphatic hydroxyl groups excluding tert-OH is 1. The van der Waals surface area contributed by atoms with Crippen LogP contribution in [0.1, 0.15) is 18.0 Å². The van der Waals surface area contributed by atoms with Gasteiger partial charge in [-0.25, -0.2) is 14.4 Å². The molecule has 0 bridgehead atoms. The molecule has 0 spiro atoms. The smallest absolute Gasteiger partial charge is 0.225 e. The van der Waals surface area contributed by atoms with Crippen molar-refractivity contribution >= 4 is 17.5 Å². The van der Waals surface area contributed by atoms with Crippen LogP contribution in [0.15, 0.2) is 36.7 Å². The van der Waals surface area contributed by atoms with E-state index in [1.807, 2.05) is 4.90 Å². The summed E-state index contributed by atoms with van der Waals surface area (Å²) < 4.78 is 13.0. The number of halogens is 2. The zero-order valence-corrected chi connectivity index (χ0v) is 11.3. The number of nitrogens with zero attached hydrogens (tertiary/aromatic N) is 3. The molecule has 20 heavy (non-hydrogen) atoms. The molecular formula is C14H13ClFN3O. The second-order valence-corrected chi connectivity index (χ2v) is 5.25. The lowest BCUT2D eigenvalue weighted by Crippen LogP contribution is -2.26. The first-order valence-corrected chi connectivity index (χ1v) is 6.69. The Morgan fingerprint density at radius 2 is 1.85 bits per heavy atom. The van der Waals surface area contributed by atoms with Crippen molar-refractivity contribution in [1.29, 1.82) is 0 Å². The number of benzene rings is 1. The largest absolute Gasteiger partial charge is 0.391 e. The van der Waals surface area contributed by atoms with Crippen molar-refractivity contribution in [2.45, 2.75) is 18.6 Å². The lowest BCUT2D eigenvalue weighted by molar-refractivity contribution is 0.194. The summed E-state index contributed by atoms with van der Waals surface area (Å²) in [6.07, 6.45) is 3.16. The van der Waals surface area contributed by atoms with Crippen LogP contribution in [-0.2, 0) is 0 Å². The first-order valence-electron chi connectivity index (χ1n) is 6.31. The van der Waals surface area contributed by atoms with E-state index < -0.39 is 6.10 Å². The van der Waals surface area contributed by atoms with Gasteiger partial charge in [0.2, 0.25) is 5.95 Å². The van der Waals surface area contributed by atoms with E-state index in [1.54, 1.807) is 12.1 Å². The van der Waals surface area contributed by atoms with Crippen LogP contribution in [0.25, 0.3) is 0 Å². The predicted molar refractivity (Wildman–Crippen MR) is 74.2 cm³/mol. The zero-order valence-electron chi connectivity index (χ0n) is 10.6. The number of anilines is 1. The van der Waals surface area contributed by atoms with Gasteiger partial charge in [-0.3, -0.25) is 0 Å². The molecule has 4 nitrogen and oxygen atoms in total. The standard InChI is InChI=1S/C14H13ClFN3O/c15-10-6-17-14(18-7-10)19-8-12(20)5-13(19)9-1-3-11(16)4-2-9/h1-4,6-7,12-13,20H,5,8H2/t12-,13-/m1/s1. The van der Waals surface area contributed by atoms with Crippen molar-refractivity contribution in [3.8, 4) is 0 Å². The highest BCUT2D eigenvalue weighted by atomic mass is 35.5. The van der Waals surface area contributed by atoms with Crippen LogP contribution in [0.2, 0.25) is 5.02 Å². The minimum Gasteiger partial charge on any atom is -0.391 e. The van der Waals surface area contributed by atoms with Crippen LogP contribution < -0.4 is 4.90 Å². The van der Waals surface area contributed by atoms with Gasteiger partial charge in [0.1, 0.15) is 5.82 Å². The molecule has 2 aromatic rings. The Bertz CT molecular complexity index is 537. The third-order valence-electron chi connectivity index (χ3n) is 3.40. The van der Waals surface area contributed by atoms with Crippen molar-refractivity contribution in [1.82, 2.24) is 9.97 Å². The average Bonchev–Trinajstić information content (AvgIpc) is 2.82. The van der Waals surface area contributed by atoms with Crippen molar-refractivity contribution in [3.05, 3.63) is 53.1 Å². The summed E-state index contributed by atoms with van der Waals surface area (Å²) >= 11 is 5.78. The van der Waals surface area contributed by atoms with Gasteiger partial charge < -0.3 is 10.0 Å². The SMILES string of the molecule is O[C@@H]1C[C@H](c2ccc(F)cc2)N(c2ncc(Cl)cn2)C1. The number of β-amino-alcohol motifs (C(OH)–C–C–N with tert-alkyl or cyclic N) is 1. The van der Waals surface area contributed by atoms with Crippen LogP contribution in [0.3, 0.4) is 0 Å². The summed E-state index contributed by atoms with van der Waals surface area (Å²) in [5.41, 5.74) is 0.932. The summed E-state index contributed by atoms with van der Waals surface area (Å²) in [4.78, 5) is 10.3. The van der Waals surface area contributed by atoms with Gasteiger partial charge >= 0.3 is 0 Å². The van der Waals surface area contributed by atoms with Gasteiger partial charge in [0.25, 0.3) is 0 Å². The van der Waals surface area contributed by atoms with Gasteiger partial charge in [0.05, 0.1) is 29.6 Å². The minimum absolute atomic E-state index is 0.0632. The summed E-state index contributed by atoms with van der Waals surface area (Å²) in [5, 5.41) is 10.4. The Kier molecular flexibility index (Phi) is 3.54.